The number of benzene rings is 2. The molecule has 0 spiro atoms. The Morgan fingerprint density at radius 2 is 1.27 bits per heavy atom. The molecule has 0 aliphatic rings. The van der Waals surface area contributed by atoms with E-state index in [2.05, 4.69) is 42.4 Å². The summed E-state index contributed by atoms with van der Waals surface area (Å²) in [5.74, 6) is -7.24. The second kappa shape index (κ2) is 14.8. The molecule has 2 aromatic carbocycles. The molecule has 6 rings (SSSR count). The number of allylic oxidation sites excluding steroid dienone is 1. The van der Waals surface area contributed by atoms with Gasteiger partial charge in [0.15, 0.2) is 23.1 Å². The quantitative estimate of drug-likeness (QED) is 0.114. The SMILES string of the molecule is C=CCc1cnc2sc(COc3ccc(F)c(C(N)=O)c3F)nc2c1.NC(=O)c1c(F)ccc(OCc2nc3cc(Br)cnc3s2)c1F. The number of carbonyl (C=O) groups excluding carboxylic acids is 2. The van der Waals surface area contributed by atoms with Gasteiger partial charge < -0.3 is 20.9 Å². The maximum absolute atomic E-state index is 14.1. The maximum atomic E-state index is 14.1. The first kappa shape index (κ1) is 34.3. The Labute approximate surface area is 285 Å². The number of amides is 2. The third-order valence-corrected chi connectivity index (χ3v) is 8.63. The van der Waals surface area contributed by atoms with Crippen molar-refractivity contribution in [1.29, 1.82) is 0 Å². The van der Waals surface area contributed by atoms with E-state index in [4.69, 9.17) is 20.9 Å². The van der Waals surface area contributed by atoms with Gasteiger partial charge >= 0.3 is 0 Å². The first-order valence-electron chi connectivity index (χ1n) is 13.5. The summed E-state index contributed by atoms with van der Waals surface area (Å²) in [5.41, 5.74) is 10.7. The summed E-state index contributed by atoms with van der Waals surface area (Å²) in [6.45, 7) is 3.59. The van der Waals surface area contributed by atoms with Crippen molar-refractivity contribution in [1.82, 2.24) is 19.9 Å². The van der Waals surface area contributed by atoms with Crippen molar-refractivity contribution >= 4 is 71.1 Å². The predicted octanol–water partition coefficient (Wildman–Crippen LogP) is 6.79. The molecule has 4 aromatic heterocycles. The molecule has 0 fully saturated rings. The number of fused-ring (bicyclic) bond motifs is 2. The molecule has 4 N–H and O–H groups in total. The largest absolute Gasteiger partial charge is 0.483 e. The van der Waals surface area contributed by atoms with Gasteiger partial charge in [0.1, 0.15) is 66.7 Å². The highest BCUT2D eigenvalue weighted by Gasteiger charge is 2.21. The molecule has 10 nitrogen and oxygen atoms in total. The Morgan fingerprint density at radius 1 is 0.792 bits per heavy atom. The van der Waals surface area contributed by atoms with Crippen LogP contribution in [0.1, 0.15) is 36.3 Å². The van der Waals surface area contributed by atoms with Gasteiger partial charge in [-0.2, -0.15) is 0 Å². The third-order valence-electron chi connectivity index (χ3n) is 6.29. The summed E-state index contributed by atoms with van der Waals surface area (Å²) in [7, 11) is 0. The normalized spacial score (nSPS) is 10.9. The fourth-order valence-corrected chi connectivity index (χ4v) is 6.09. The minimum Gasteiger partial charge on any atom is -0.483 e. The number of hydrogen-bond acceptors (Lipinski definition) is 10. The predicted molar refractivity (Wildman–Crippen MR) is 175 cm³/mol. The first-order chi connectivity index (χ1) is 22.9. The zero-order valence-electron chi connectivity index (χ0n) is 24.3. The molecule has 0 bridgehead atoms. The number of aromatic nitrogens is 4. The second-order valence-corrected chi connectivity index (χ2v) is 12.7. The van der Waals surface area contributed by atoms with Crippen LogP contribution in [0, 0.1) is 23.3 Å². The number of rotatable bonds is 10. The fourth-order valence-electron chi connectivity index (χ4n) is 4.18. The Balaban J connectivity index is 0.000000188. The molecule has 0 aliphatic carbocycles. The summed E-state index contributed by atoms with van der Waals surface area (Å²) in [6, 6.07) is 7.75. The number of thiazole rings is 2. The van der Waals surface area contributed by atoms with Crippen LogP contribution in [0.2, 0.25) is 0 Å². The topological polar surface area (TPSA) is 156 Å². The van der Waals surface area contributed by atoms with Gasteiger partial charge in [0.05, 0.1) is 0 Å². The molecule has 0 aliphatic heterocycles. The summed E-state index contributed by atoms with van der Waals surface area (Å²) in [6.07, 6.45) is 5.84. The number of carbonyl (C=O) groups is 2. The summed E-state index contributed by atoms with van der Waals surface area (Å²) in [4.78, 5) is 40.8. The van der Waals surface area contributed by atoms with Crippen LogP contribution in [0.3, 0.4) is 0 Å². The van der Waals surface area contributed by atoms with Crippen molar-refractivity contribution in [3.8, 4) is 11.5 Å². The minimum absolute atomic E-state index is 0.0423. The highest BCUT2D eigenvalue weighted by molar-refractivity contribution is 9.10. The van der Waals surface area contributed by atoms with Gasteiger partial charge in [0.2, 0.25) is 0 Å². The van der Waals surface area contributed by atoms with E-state index in [1.807, 2.05) is 6.07 Å². The van der Waals surface area contributed by atoms with Gasteiger partial charge in [-0.3, -0.25) is 9.59 Å². The molecule has 2 amide bonds. The van der Waals surface area contributed by atoms with Crippen LogP contribution in [-0.2, 0) is 19.6 Å². The van der Waals surface area contributed by atoms with Crippen molar-refractivity contribution in [2.75, 3.05) is 0 Å². The zero-order valence-corrected chi connectivity index (χ0v) is 27.5. The number of nitrogens with zero attached hydrogens (tertiary/aromatic N) is 4. The lowest BCUT2D eigenvalue weighted by molar-refractivity contribution is 0.0982. The standard InChI is InChI=1S/C17H13F2N3O2S.C14H8BrF2N3O2S/c1-2-3-9-6-11-17(21-7-9)25-13(22-11)8-24-12-5-4-10(18)14(15(12)19)16(20)23;15-6-3-8-14(19-4-6)23-10(20-8)5-22-9-2-1-7(16)11(12(9)17)13(18)21/h2,4-7H,1,3,8H2,(H2,20,23);1-4H,5H2,(H2,18,21). The minimum atomic E-state index is -1.20. The molecule has 246 valence electrons. The molecule has 0 saturated heterocycles. The van der Waals surface area contributed by atoms with Gasteiger partial charge in [-0.1, -0.05) is 28.7 Å². The second-order valence-electron chi connectivity index (χ2n) is 9.63. The number of ether oxygens (including phenoxy) is 2. The van der Waals surface area contributed by atoms with Crippen LogP contribution in [-0.4, -0.2) is 31.8 Å². The van der Waals surface area contributed by atoms with E-state index < -0.39 is 46.2 Å². The average molecular weight is 762 g/mol. The molecule has 17 heteroatoms. The number of hydrogen-bond donors (Lipinski definition) is 2. The van der Waals surface area contributed by atoms with Crippen LogP contribution >= 0.6 is 38.6 Å². The highest BCUT2D eigenvalue weighted by Crippen LogP contribution is 2.28. The monoisotopic (exact) mass is 760 g/mol. The fraction of sp³-hybridized carbons (Fsp3) is 0.0968. The number of primary amides is 2. The maximum Gasteiger partial charge on any atom is 0.254 e. The Hall–Kier alpha value is -5.00. The van der Waals surface area contributed by atoms with Gasteiger partial charge in [-0.15, -0.1) is 6.58 Å². The summed E-state index contributed by atoms with van der Waals surface area (Å²) in [5, 5.41) is 1.14. The van der Waals surface area contributed by atoms with Gasteiger partial charge in [-0.25, -0.2) is 37.5 Å². The van der Waals surface area contributed by atoms with Crippen LogP contribution in [0.4, 0.5) is 17.6 Å². The highest BCUT2D eigenvalue weighted by atomic mass is 79.9. The number of nitrogens with two attached hydrogens (primary N) is 2. The van der Waals surface area contributed by atoms with Crippen molar-refractivity contribution in [3.05, 3.63) is 116 Å². The Morgan fingerprint density at radius 3 is 1.75 bits per heavy atom. The van der Waals surface area contributed by atoms with Gasteiger partial charge in [0, 0.05) is 16.9 Å². The lowest BCUT2D eigenvalue weighted by Crippen LogP contribution is -2.16. The van der Waals surface area contributed by atoms with Gasteiger partial charge in [-0.05, 0) is 64.3 Å². The Kier molecular flexibility index (Phi) is 10.6. The molecule has 48 heavy (non-hydrogen) atoms. The molecule has 0 atom stereocenters. The van der Waals surface area contributed by atoms with Crippen LogP contribution in [0.25, 0.3) is 20.7 Å². The van der Waals surface area contributed by atoms with E-state index in [-0.39, 0.29) is 24.7 Å². The van der Waals surface area contributed by atoms with E-state index in [9.17, 15) is 27.2 Å². The summed E-state index contributed by atoms with van der Waals surface area (Å²) < 4.78 is 66.4. The van der Waals surface area contributed by atoms with Crippen LogP contribution < -0.4 is 20.9 Å². The number of pyridine rings is 2. The molecule has 6 aromatic rings. The molecule has 0 saturated carbocycles. The van der Waals surface area contributed by atoms with E-state index in [0.717, 1.165) is 39.1 Å². The zero-order chi connectivity index (χ0) is 34.5. The molecule has 0 radical (unpaired) electrons. The van der Waals surface area contributed by atoms with E-state index in [1.165, 1.54) is 22.7 Å². The van der Waals surface area contributed by atoms with Gasteiger partial charge in [0.25, 0.3) is 11.8 Å². The Bertz CT molecular complexity index is 2200. The van der Waals surface area contributed by atoms with Crippen LogP contribution in [0.15, 0.2) is 65.9 Å². The van der Waals surface area contributed by atoms with E-state index in [0.29, 0.717) is 32.3 Å². The first-order valence-corrected chi connectivity index (χ1v) is 15.9. The smallest absolute Gasteiger partial charge is 0.254 e. The lowest BCUT2D eigenvalue weighted by Gasteiger charge is -2.08. The van der Waals surface area contributed by atoms with Crippen LogP contribution in [0.5, 0.6) is 11.5 Å². The molecule has 4 heterocycles. The molecular formula is C31H21BrF4N6O4S2. The van der Waals surface area contributed by atoms with Crippen molar-refractivity contribution in [2.45, 2.75) is 19.6 Å². The molecular weight excluding hydrogens is 740 g/mol. The summed E-state index contributed by atoms with van der Waals surface area (Å²) >= 11 is 5.89. The van der Waals surface area contributed by atoms with Crippen molar-refractivity contribution < 1.29 is 36.6 Å². The van der Waals surface area contributed by atoms with Crippen molar-refractivity contribution in [2.24, 2.45) is 11.5 Å². The van der Waals surface area contributed by atoms with E-state index in [1.54, 1.807) is 24.5 Å². The number of halogens is 5. The lowest BCUT2D eigenvalue weighted by atomic mass is 10.2. The molecule has 0 unspecified atom stereocenters. The average Bonchev–Trinajstić information content (AvgIpc) is 3.63. The van der Waals surface area contributed by atoms with E-state index >= 15 is 0 Å². The van der Waals surface area contributed by atoms with Crippen molar-refractivity contribution in [3.63, 3.8) is 0 Å². The third kappa shape index (κ3) is 7.75.